The van der Waals surface area contributed by atoms with Crippen molar-refractivity contribution in [3.8, 4) is 0 Å². The lowest BCUT2D eigenvalue weighted by Crippen LogP contribution is -2.40. The maximum absolute atomic E-state index is 5.79. The molecule has 13 heavy (non-hydrogen) atoms. The molecule has 1 heterocycles. The monoisotopic (exact) mass is 184 g/mol. The van der Waals surface area contributed by atoms with E-state index in [9.17, 15) is 0 Å². The maximum Gasteiger partial charge on any atom is 0.0244 e. The van der Waals surface area contributed by atoms with Gasteiger partial charge in [-0.15, -0.1) is 0 Å². The van der Waals surface area contributed by atoms with E-state index in [0.29, 0.717) is 6.04 Å². The molecule has 1 saturated heterocycles. The van der Waals surface area contributed by atoms with E-state index in [4.69, 9.17) is 5.73 Å². The van der Waals surface area contributed by atoms with Crippen LogP contribution in [0.25, 0.3) is 0 Å². The predicted molar refractivity (Wildman–Crippen MR) is 57.7 cm³/mol. The van der Waals surface area contributed by atoms with E-state index >= 15 is 0 Å². The highest BCUT2D eigenvalue weighted by Crippen LogP contribution is 2.24. The highest BCUT2D eigenvalue weighted by Gasteiger charge is 2.29. The zero-order valence-electron chi connectivity index (χ0n) is 9.29. The van der Waals surface area contributed by atoms with Gasteiger partial charge in [-0.25, -0.2) is 0 Å². The summed E-state index contributed by atoms with van der Waals surface area (Å²) in [5.74, 6) is 1.62. The molecule has 78 valence electrons. The molecule has 1 fully saturated rings. The van der Waals surface area contributed by atoms with Gasteiger partial charge in [0, 0.05) is 19.1 Å². The highest BCUT2D eigenvalue weighted by atomic mass is 15.2. The van der Waals surface area contributed by atoms with Gasteiger partial charge in [-0.05, 0) is 24.8 Å². The van der Waals surface area contributed by atoms with E-state index in [1.807, 2.05) is 0 Å². The SMILES string of the molecule is CCC(C)CN1CCC(C)C1CN. The Bertz CT molecular complexity index is 147. The summed E-state index contributed by atoms with van der Waals surface area (Å²) in [6.45, 7) is 10.3. The molecule has 0 spiro atoms. The van der Waals surface area contributed by atoms with Crippen LogP contribution in [0, 0.1) is 11.8 Å². The number of nitrogens with two attached hydrogens (primary N) is 1. The maximum atomic E-state index is 5.79. The lowest BCUT2D eigenvalue weighted by atomic mass is 10.0. The summed E-state index contributed by atoms with van der Waals surface area (Å²) < 4.78 is 0. The van der Waals surface area contributed by atoms with Crippen molar-refractivity contribution in [3.63, 3.8) is 0 Å². The van der Waals surface area contributed by atoms with Crippen molar-refractivity contribution in [2.45, 2.75) is 39.7 Å². The molecule has 1 aliphatic heterocycles. The van der Waals surface area contributed by atoms with Crippen LogP contribution in [0.1, 0.15) is 33.6 Å². The summed E-state index contributed by atoms with van der Waals surface area (Å²) in [7, 11) is 0. The molecule has 0 aliphatic carbocycles. The van der Waals surface area contributed by atoms with Gasteiger partial charge in [0.15, 0.2) is 0 Å². The number of nitrogens with zero attached hydrogens (tertiary/aromatic N) is 1. The summed E-state index contributed by atoms with van der Waals surface area (Å²) in [6.07, 6.45) is 2.61. The molecule has 0 bridgehead atoms. The molecule has 0 radical (unpaired) electrons. The Hall–Kier alpha value is -0.0800. The molecular weight excluding hydrogens is 160 g/mol. The van der Waals surface area contributed by atoms with Crippen molar-refractivity contribution in [2.24, 2.45) is 17.6 Å². The van der Waals surface area contributed by atoms with Crippen molar-refractivity contribution in [1.29, 1.82) is 0 Å². The number of hydrogen-bond acceptors (Lipinski definition) is 2. The number of hydrogen-bond donors (Lipinski definition) is 1. The van der Waals surface area contributed by atoms with Crippen molar-refractivity contribution in [2.75, 3.05) is 19.6 Å². The molecule has 0 aromatic rings. The van der Waals surface area contributed by atoms with Crippen LogP contribution in [0.5, 0.6) is 0 Å². The Morgan fingerprint density at radius 3 is 2.77 bits per heavy atom. The summed E-state index contributed by atoms with van der Waals surface area (Å²) >= 11 is 0. The zero-order chi connectivity index (χ0) is 9.84. The number of rotatable bonds is 4. The van der Waals surface area contributed by atoms with E-state index in [1.165, 1.54) is 25.9 Å². The fraction of sp³-hybridized carbons (Fsp3) is 1.00. The molecule has 0 aromatic carbocycles. The Morgan fingerprint density at radius 2 is 2.23 bits per heavy atom. The zero-order valence-corrected chi connectivity index (χ0v) is 9.29. The summed E-state index contributed by atoms with van der Waals surface area (Å²) in [6, 6.07) is 0.647. The van der Waals surface area contributed by atoms with Gasteiger partial charge in [0.2, 0.25) is 0 Å². The molecule has 1 rings (SSSR count). The first-order valence-electron chi connectivity index (χ1n) is 5.63. The normalized spacial score (nSPS) is 32.3. The first-order chi connectivity index (χ1) is 6.19. The Labute approximate surface area is 82.5 Å². The third-order valence-electron chi connectivity index (χ3n) is 3.48. The number of likely N-dealkylation sites (tertiary alicyclic amines) is 1. The summed E-state index contributed by atoms with van der Waals surface area (Å²) in [5.41, 5.74) is 5.79. The van der Waals surface area contributed by atoms with Gasteiger partial charge in [0.05, 0.1) is 0 Å². The first-order valence-corrected chi connectivity index (χ1v) is 5.63. The lowest BCUT2D eigenvalue weighted by molar-refractivity contribution is 0.205. The molecule has 3 atom stereocenters. The highest BCUT2D eigenvalue weighted by molar-refractivity contribution is 4.85. The van der Waals surface area contributed by atoms with Crippen molar-refractivity contribution < 1.29 is 0 Å². The van der Waals surface area contributed by atoms with Crippen LogP contribution < -0.4 is 5.73 Å². The topological polar surface area (TPSA) is 29.3 Å². The van der Waals surface area contributed by atoms with Crippen LogP contribution >= 0.6 is 0 Å². The first kappa shape index (κ1) is 11.0. The van der Waals surface area contributed by atoms with E-state index in [1.54, 1.807) is 0 Å². The molecule has 0 aromatic heterocycles. The molecule has 2 N–H and O–H groups in total. The minimum Gasteiger partial charge on any atom is -0.329 e. The molecule has 0 amide bonds. The van der Waals surface area contributed by atoms with E-state index in [0.717, 1.165) is 18.4 Å². The van der Waals surface area contributed by atoms with Crippen molar-refractivity contribution in [1.82, 2.24) is 4.90 Å². The van der Waals surface area contributed by atoms with E-state index in [2.05, 4.69) is 25.7 Å². The quantitative estimate of drug-likeness (QED) is 0.720. The molecule has 1 aliphatic rings. The largest absolute Gasteiger partial charge is 0.329 e. The predicted octanol–water partition coefficient (Wildman–Crippen LogP) is 1.70. The van der Waals surface area contributed by atoms with Crippen LogP contribution in [-0.4, -0.2) is 30.6 Å². The average Bonchev–Trinajstić information content (AvgIpc) is 2.46. The second kappa shape index (κ2) is 4.97. The summed E-state index contributed by atoms with van der Waals surface area (Å²) in [4.78, 5) is 2.58. The second-order valence-electron chi connectivity index (χ2n) is 4.58. The second-order valence-corrected chi connectivity index (χ2v) is 4.58. The minimum absolute atomic E-state index is 0.647. The Kier molecular flexibility index (Phi) is 4.20. The van der Waals surface area contributed by atoms with Crippen LogP contribution in [0.4, 0.5) is 0 Å². The van der Waals surface area contributed by atoms with Gasteiger partial charge in [-0.2, -0.15) is 0 Å². The van der Waals surface area contributed by atoms with Gasteiger partial charge >= 0.3 is 0 Å². The third-order valence-corrected chi connectivity index (χ3v) is 3.48. The van der Waals surface area contributed by atoms with Gasteiger partial charge in [0.25, 0.3) is 0 Å². The lowest BCUT2D eigenvalue weighted by Gasteiger charge is -2.27. The summed E-state index contributed by atoms with van der Waals surface area (Å²) in [5, 5.41) is 0. The third kappa shape index (κ3) is 2.68. The smallest absolute Gasteiger partial charge is 0.0244 e. The molecule has 3 unspecified atom stereocenters. The fourth-order valence-electron chi connectivity index (χ4n) is 2.23. The van der Waals surface area contributed by atoms with Crippen LogP contribution in [0.3, 0.4) is 0 Å². The van der Waals surface area contributed by atoms with Gasteiger partial charge in [-0.1, -0.05) is 27.2 Å². The standard InChI is InChI=1S/C11H24N2/c1-4-9(2)8-13-6-5-10(3)11(13)7-12/h9-11H,4-8,12H2,1-3H3. The van der Waals surface area contributed by atoms with Gasteiger partial charge in [0.1, 0.15) is 0 Å². The Morgan fingerprint density at radius 1 is 1.54 bits per heavy atom. The van der Waals surface area contributed by atoms with Crippen molar-refractivity contribution in [3.05, 3.63) is 0 Å². The molecule has 2 heteroatoms. The molecular formula is C11H24N2. The van der Waals surface area contributed by atoms with Crippen LogP contribution in [-0.2, 0) is 0 Å². The van der Waals surface area contributed by atoms with Gasteiger partial charge in [-0.3, -0.25) is 4.90 Å². The average molecular weight is 184 g/mol. The van der Waals surface area contributed by atoms with Crippen LogP contribution in [0.2, 0.25) is 0 Å². The molecule has 2 nitrogen and oxygen atoms in total. The molecule has 0 saturated carbocycles. The minimum atomic E-state index is 0.647. The van der Waals surface area contributed by atoms with Crippen LogP contribution in [0.15, 0.2) is 0 Å². The van der Waals surface area contributed by atoms with Gasteiger partial charge < -0.3 is 5.73 Å². The Balaban J connectivity index is 2.41. The fourth-order valence-corrected chi connectivity index (χ4v) is 2.23. The van der Waals surface area contributed by atoms with E-state index < -0.39 is 0 Å². The van der Waals surface area contributed by atoms with E-state index in [-0.39, 0.29) is 0 Å². The van der Waals surface area contributed by atoms with Crippen molar-refractivity contribution >= 4 is 0 Å².